The van der Waals surface area contributed by atoms with E-state index in [-0.39, 0.29) is 4.90 Å². The molecule has 1 aromatic heterocycles. The first-order valence-corrected chi connectivity index (χ1v) is 8.40. The Kier molecular flexibility index (Phi) is 4.29. The highest BCUT2D eigenvalue weighted by Gasteiger charge is 2.21. The average molecular weight is 312 g/mol. The van der Waals surface area contributed by atoms with Crippen molar-refractivity contribution in [3.05, 3.63) is 35.3 Å². The van der Waals surface area contributed by atoms with Crippen LogP contribution in [0.3, 0.4) is 0 Å². The van der Waals surface area contributed by atoms with Crippen LogP contribution in [-0.4, -0.2) is 20.5 Å². The Morgan fingerprint density at radius 3 is 2.65 bits per heavy atom. The van der Waals surface area contributed by atoms with Gasteiger partial charge in [-0.2, -0.15) is 0 Å². The third kappa shape index (κ3) is 3.10. The first-order valence-electron chi connectivity index (χ1n) is 6.04. The molecule has 0 aliphatic rings. The largest absolute Gasteiger partial charge is 0.495 e. The van der Waals surface area contributed by atoms with E-state index in [2.05, 4.69) is 9.71 Å². The number of methoxy groups -OCH3 is 1. The van der Waals surface area contributed by atoms with Gasteiger partial charge in [0.25, 0.3) is 10.0 Å². The van der Waals surface area contributed by atoms with Gasteiger partial charge in [0.2, 0.25) is 0 Å². The van der Waals surface area contributed by atoms with Gasteiger partial charge in [-0.3, -0.25) is 4.72 Å². The summed E-state index contributed by atoms with van der Waals surface area (Å²) in [6.07, 6.45) is 1.54. The van der Waals surface area contributed by atoms with Crippen molar-refractivity contribution in [2.24, 2.45) is 0 Å². The van der Waals surface area contributed by atoms with Crippen molar-refractivity contribution in [3.8, 4) is 5.75 Å². The molecule has 108 valence electrons. The fourth-order valence-electron chi connectivity index (χ4n) is 1.71. The minimum atomic E-state index is -3.70. The molecule has 0 aliphatic heterocycles. The van der Waals surface area contributed by atoms with E-state index in [9.17, 15) is 8.42 Å². The molecular formula is C13H16N2O3S2. The molecule has 1 aromatic carbocycles. The molecule has 0 atom stereocenters. The van der Waals surface area contributed by atoms with Crippen molar-refractivity contribution in [2.45, 2.75) is 24.7 Å². The molecule has 2 aromatic rings. The van der Waals surface area contributed by atoms with Gasteiger partial charge in [0.1, 0.15) is 10.6 Å². The van der Waals surface area contributed by atoms with Crippen molar-refractivity contribution in [3.63, 3.8) is 0 Å². The molecule has 0 bridgehead atoms. The Bertz CT molecular complexity index is 680. The summed E-state index contributed by atoms with van der Waals surface area (Å²) in [5.74, 6) is 0.632. The quantitative estimate of drug-likeness (QED) is 0.921. The second-order valence-electron chi connectivity index (χ2n) is 4.51. The van der Waals surface area contributed by atoms with Crippen LogP contribution >= 0.6 is 11.3 Å². The van der Waals surface area contributed by atoms with Gasteiger partial charge in [0.15, 0.2) is 5.13 Å². The third-order valence-electron chi connectivity index (χ3n) is 2.80. The summed E-state index contributed by atoms with van der Waals surface area (Å²) >= 11 is 1.22. The molecule has 0 aliphatic carbocycles. The highest BCUT2D eigenvalue weighted by Crippen LogP contribution is 2.29. The third-order valence-corrected chi connectivity index (χ3v) is 4.99. The maximum atomic E-state index is 12.3. The first-order chi connectivity index (χ1) is 9.44. The number of aromatic nitrogens is 1. The van der Waals surface area contributed by atoms with Gasteiger partial charge in [-0.1, -0.05) is 19.9 Å². The maximum Gasteiger partial charge on any atom is 0.267 e. The average Bonchev–Trinajstić information content (AvgIpc) is 2.89. The lowest BCUT2D eigenvalue weighted by atomic mass is 10.0. The molecule has 1 N–H and O–H groups in total. The molecule has 0 saturated heterocycles. The van der Waals surface area contributed by atoms with Crippen molar-refractivity contribution in [1.29, 1.82) is 0 Å². The Balaban J connectivity index is 2.41. The summed E-state index contributed by atoms with van der Waals surface area (Å²) in [4.78, 5) is 4.03. The minimum absolute atomic E-state index is 0.111. The van der Waals surface area contributed by atoms with Gasteiger partial charge in [0, 0.05) is 11.6 Å². The van der Waals surface area contributed by atoms with Crippen LogP contribution in [0.4, 0.5) is 5.13 Å². The van der Waals surface area contributed by atoms with E-state index in [1.54, 1.807) is 29.8 Å². The predicted octanol–water partition coefficient (Wildman–Crippen LogP) is 3.08. The van der Waals surface area contributed by atoms with E-state index in [4.69, 9.17) is 4.74 Å². The fraction of sp³-hybridized carbons (Fsp3) is 0.308. The Hall–Kier alpha value is -1.60. The van der Waals surface area contributed by atoms with Gasteiger partial charge < -0.3 is 4.74 Å². The number of ether oxygens (including phenoxy) is 1. The van der Waals surface area contributed by atoms with Crippen molar-refractivity contribution < 1.29 is 13.2 Å². The van der Waals surface area contributed by atoms with Crippen LogP contribution in [-0.2, 0) is 10.0 Å². The predicted molar refractivity (Wildman–Crippen MR) is 80.0 cm³/mol. The topological polar surface area (TPSA) is 68.3 Å². The summed E-state index contributed by atoms with van der Waals surface area (Å²) in [6, 6.07) is 5.11. The molecule has 0 radical (unpaired) electrons. The number of nitrogens with zero attached hydrogens (tertiary/aromatic N) is 1. The number of benzene rings is 1. The second kappa shape index (κ2) is 5.80. The smallest absolute Gasteiger partial charge is 0.267 e. The van der Waals surface area contributed by atoms with Crippen molar-refractivity contribution >= 4 is 26.5 Å². The number of thiazole rings is 1. The SMILES string of the molecule is COc1cc(C(C)C)ccc1S(=O)(=O)Nc1nccs1. The van der Waals surface area contributed by atoms with Crippen LogP contribution in [0.2, 0.25) is 0 Å². The second-order valence-corrected chi connectivity index (χ2v) is 7.05. The van der Waals surface area contributed by atoms with Gasteiger partial charge in [-0.25, -0.2) is 13.4 Å². The van der Waals surface area contributed by atoms with Crippen LogP contribution in [0.5, 0.6) is 5.75 Å². The van der Waals surface area contributed by atoms with Crippen molar-refractivity contribution in [2.75, 3.05) is 11.8 Å². The van der Waals surface area contributed by atoms with E-state index in [1.807, 2.05) is 13.8 Å². The van der Waals surface area contributed by atoms with Crippen LogP contribution in [0.15, 0.2) is 34.7 Å². The standard InChI is InChI=1S/C13H16N2O3S2/c1-9(2)10-4-5-12(11(8-10)18-3)20(16,17)15-13-14-6-7-19-13/h4-9H,1-3H3,(H,14,15). The summed E-state index contributed by atoms with van der Waals surface area (Å²) in [7, 11) is -2.24. The van der Waals surface area contributed by atoms with E-state index < -0.39 is 10.0 Å². The number of sulfonamides is 1. The molecule has 0 spiro atoms. The van der Waals surface area contributed by atoms with Gasteiger partial charge in [-0.05, 0) is 23.6 Å². The summed E-state index contributed by atoms with van der Waals surface area (Å²) in [5.41, 5.74) is 1.02. The molecule has 7 heteroatoms. The summed E-state index contributed by atoms with van der Waals surface area (Å²) < 4.78 is 32.3. The van der Waals surface area contributed by atoms with E-state index >= 15 is 0 Å². The molecule has 0 amide bonds. The molecular weight excluding hydrogens is 296 g/mol. The number of rotatable bonds is 5. The normalized spacial score (nSPS) is 11.6. The first kappa shape index (κ1) is 14.8. The molecule has 0 unspecified atom stereocenters. The summed E-state index contributed by atoms with van der Waals surface area (Å²) in [6.45, 7) is 4.08. The number of anilines is 1. The zero-order chi connectivity index (χ0) is 14.8. The van der Waals surface area contributed by atoms with Crippen molar-refractivity contribution in [1.82, 2.24) is 4.98 Å². The molecule has 5 nitrogen and oxygen atoms in total. The highest BCUT2D eigenvalue weighted by molar-refractivity contribution is 7.93. The minimum Gasteiger partial charge on any atom is -0.495 e. The maximum absolute atomic E-state index is 12.3. The lowest BCUT2D eigenvalue weighted by Gasteiger charge is -2.13. The van der Waals surface area contributed by atoms with Crippen LogP contribution < -0.4 is 9.46 Å². The van der Waals surface area contributed by atoms with E-state index in [0.717, 1.165) is 5.56 Å². The molecule has 20 heavy (non-hydrogen) atoms. The van der Waals surface area contributed by atoms with Gasteiger partial charge in [-0.15, -0.1) is 11.3 Å². The lowest BCUT2D eigenvalue weighted by molar-refractivity contribution is 0.402. The molecule has 0 saturated carbocycles. The van der Waals surface area contributed by atoms with Crippen LogP contribution in [0.25, 0.3) is 0 Å². The molecule has 2 rings (SSSR count). The zero-order valence-corrected chi connectivity index (χ0v) is 13.1. The zero-order valence-electron chi connectivity index (χ0n) is 11.5. The number of hydrogen-bond donors (Lipinski definition) is 1. The number of nitrogens with one attached hydrogen (secondary N) is 1. The molecule has 1 heterocycles. The van der Waals surface area contributed by atoms with Crippen LogP contribution in [0.1, 0.15) is 25.3 Å². The molecule has 0 fully saturated rings. The Morgan fingerprint density at radius 1 is 1.35 bits per heavy atom. The monoisotopic (exact) mass is 312 g/mol. The highest BCUT2D eigenvalue weighted by atomic mass is 32.2. The van der Waals surface area contributed by atoms with Gasteiger partial charge in [0.05, 0.1) is 7.11 Å². The Labute approximate surface area is 122 Å². The van der Waals surface area contributed by atoms with Gasteiger partial charge >= 0.3 is 0 Å². The fourth-order valence-corrected chi connectivity index (χ4v) is 3.65. The van der Waals surface area contributed by atoms with Crippen LogP contribution in [0, 0.1) is 0 Å². The van der Waals surface area contributed by atoms with E-state index in [1.165, 1.54) is 18.4 Å². The lowest BCUT2D eigenvalue weighted by Crippen LogP contribution is -2.14. The van der Waals surface area contributed by atoms with E-state index in [0.29, 0.717) is 16.8 Å². The summed E-state index contributed by atoms with van der Waals surface area (Å²) in [5, 5.41) is 2.04. The Morgan fingerprint density at radius 2 is 2.10 bits per heavy atom. The number of hydrogen-bond acceptors (Lipinski definition) is 5.